The smallest absolute Gasteiger partial charge is 0.251 e. The van der Waals surface area contributed by atoms with E-state index in [1.165, 1.54) is 24.3 Å². The third kappa shape index (κ3) is 4.49. The van der Waals surface area contributed by atoms with Crippen molar-refractivity contribution in [2.75, 3.05) is 6.56 Å². The highest BCUT2D eigenvalue weighted by Crippen LogP contribution is 2.25. The van der Waals surface area contributed by atoms with E-state index in [1.54, 1.807) is 19.3 Å². The predicted molar refractivity (Wildman–Crippen MR) is 95.6 cm³/mol. The van der Waals surface area contributed by atoms with Gasteiger partial charge in [0.05, 0.1) is 9.30 Å². The van der Waals surface area contributed by atoms with Crippen molar-refractivity contribution in [1.82, 2.24) is 10.0 Å². The van der Waals surface area contributed by atoms with E-state index in [4.69, 9.17) is 16.8 Å². The Kier molecular flexibility index (Phi) is 4.23. The van der Waals surface area contributed by atoms with Gasteiger partial charge in [-0.3, -0.25) is 14.8 Å². The van der Waals surface area contributed by atoms with Crippen molar-refractivity contribution in [1.29, 1.82) is 0 Å². The maximum absolute atomic E-state index is 14.6. The topological polar surface area (TPSA) is 80.6 Å². The Bertz CT molecular complexity index is 1000. The number of ether oxygens (including phenoxy) is 1. The molecule has 0 radical (unpaired) electrons. The van der Waals surface area contributed by atoms with Crippen LogP contribution in [0.3, 0.4) is 0 Å². The quantitative estimate of drug-likeness (QED) is 0.582. The van der Waals surface area contributed by atoms with Gasteiger partial charge in [-0.1, -0.05) is 26.0 Å². The van der Waals surface area contributed by atoms with Crippen molar-refractivity contribution in [2.24, 2.45) is 5.41 Å². The zero-order chi connectivity index (χ0) is 23.6. The zero-order valence-corrected chi connectivity index (χ0v) is 14.4. The lowest BCUT2D eigenvalue weighted by Crippen LogP contribution is -2.36. The SMILES string of the molecule is [2H]C([2H])([2H])C([2H])([2H])Oc1ccc(-c2cc(=O)n(CCC(C)(C)C(=O)NO)cc2F)cc1. The van der Waals surface area contributed by atoms with Gasteiger partial charge < -0.3 is 9.30 Å². The Morgan fingerprint density at radius 3 is 2.73 bits per heavy atom. The number of amides is 1. The van der Waals surface area contributed by atoms with E-state index in [0.717, 1.165) is 16.8 Å². The predicted octanol–water partition coefficient (Wildman–Crippen LogP) is 2.97. The van der Waals surface area contributed by atoms with Crippen molar-refractivity contribution in [3.8, 4) is 16.9 Å². The van der Waals surface area contributed by atoms with E-state index in [2.05, 4.69) is 0 Å². The number of aromatic nitrogens is 1. The number of rotatable bonds is 7. The number of nitrogens with one attached hydrogen (secondary N) is 1. The average molecular weight is 367 g/mol. The molecule has 6 nitrogen and oxygen atoms in total. The van der Waals surface area contributed by atoms with Crippen molar-refractivity contribution >= 4 is 5.91 Å². The molecule has 0 saturated heterocycles. The summed E-state index contributed by atoms with van der Waals surface area (Å²) in [6.45, 7) is -2.69. The molecule has 1 heterocycles. The molecule has 26 heavy (non-hydrogen) atoms. The van der Waals surface area contributed by atoms with Gasteiger partial charge in [-0.15, -0.1) is 0 Å². The number of nitrogens with zero attached hydrogens (tertiary/aromatic N) is 1. The highest BCUT2D eigenvalue weighted by atomic mass is 19.1. The van der Waals surface area contributed by atoms with Crippen LogP contribution in [0.2, 0.25) is 0 Å². The molecular formula is C19H23FN2O4. The van der Waals surface area contributed by atoms with Gasteiger partial charge >= 0.3 is 0 Å². The van der Waals surface area contributed by atoms with Crippen LogP contribution in [0.1, 0.15) is 34.0 Å². The van der Waals surface area contributed by atoms with Gasteiger partial charge in [0, 0.05) is 33.9 Å². The van der Waals surface area contributed by atoms with Crippen LogP contribution in [0.5, 0.6) is 5.75 Å². The van der Waals surface area contributed by atoms with Crippen LogP contribution in [-0.4, -0.2) is 22.2 Å². The molecule has 0 aliphatic rings. The lowest BCUT2D eigenvalue weighted by Gasteiger charge is -2.22. The number of hydrogen-bond acceptors (Lipinski definition) is 4. The minimum Gasteiger partial charge on any atom is -0.494 e. The van der Waals surface area contributed by atoms with Gasteiger partial charge in [-0.2, -0.15) is 0 Å². The van der Waals surface area contributed by atoms with E-state index in [9.17, 15) is 14.0 Å². The number of carbonyl (C=O) groups is 1. The minimum absolute atomic E-state index is 0.000932. The van der Waals surface area contributed by atoms with Gasteiger partial charge in [0.25, 0.3) is 5.56 Å². The second kappa shape index (κ2) is 8.14. The fourth-order valence-electron chi connectivity index (χ4n) is 2.37. The number of benzene rings is 1. The van der Waals surface area contributed by atoms with E-state index in [-0.39, 0.29) is 24.3 Å². The molecule has 0 bridgehead atoms. The summed E-state index contributed by atoms with van der Waals surface area (Å²) < 4.78 is 57.1. The Balaban J connectivity index is 2.22. The van der Waals surface area contributed by atoms with E-state index in [0.29, 0.717) is 5.56 Å². The molecule has 1 amide bonds. The van der Waals surface area contributed by atoms with Crippen molar-refractivity contribution in [3.05, 3.63) is 52.7 Å². The molecule has 1 aromatic carbocycles. The molecule has 2 N–H and O–H groups in total. The second-order valence-electron chi connectivity index (χ2n) is 6.37. The molecule has 0 aliphatic heterocycles. The number of hydroxylamine groups is 1. The van der Waals surface area contributed by atoms with Crippen molar-refractivity contribution < 1.29 is 26.0 Å². The third-order valence-electron chi connectivity index (χ3n) is 4.11. The standard InChI is InChI=1S/C19H23FN2O4/c1-4-26-14-7-5-13(6-8-14)15-11-17(23)22(12-16(15)20)10-9-19(2,3)18(24)21-25/h5-8,11-12,25H,4,9-10H2,1-3H3,(H,21,24)/i1D3,4D2. The molecule has 0 fully saturated rings. The fraction of sp³-hybridized carbons (Fsp3) is 0.368. The van der Waals surface area contributed by atoms with Gasteiger partial charge in [-0.05, 0) is 31.0 Å². The summed E-state index contributed by atoms with van der Waals surface area (Å²) in [5.41, 5.74) is 0.390. The molecule has 0 unspecified atom stereocenters. The summed E-state index contributed by atoms with van der Waals surface area (Å²) in [7, 11) is 0. The van der Waals surface area contributed by atoms with Gasteiger partial charge in [-0.25, -0.2) is 9.87 Å². The van der Waals surface area contributed by atoms with Gasteiger partial charge in [0.2, 0.25) is 5.91 Å². The summed E-state index contributed by atoms with van der Waals surface area (Å²) in [6, 6.07) is 6.40. The lowest BCUT2D eigenvalue weighted by atomic mass is 9.88. The lowest BCUT2D eigenvalue weighted by molar-refractivity contribution is -0.138. The highest BCUT2D eigenvalue weighted by molar-refractivity contribution is 5.80. The van der Waals surface area contributed by atoms with Crippen LogP contribution in [0.4, 0.5) is 4.39 Å². The van der Waals surface area contributed by atoms with Crippen LogP contribution in [0, 0.1) is 11.2 Å². The van der Waals surface area contributed by atoms with E-state index < -0.39 is 36.1 Å². The first-order valence-electron chi connectivity index (χ1n) is 10.3. The monoisotopic (exact) mass is 367 g/mol. The number of pyridine rings is 1. The summed E-state index contributed by atoms with van der Waals surface area (Å²) in [4.78, 5) is 24.0. The second-order valence-corrected chi connectivity index (χ2v) is 6.37. The largest absolute Gasteiger partial charge is 0.494 e. The molecule has 0 saturated carbocycles. The number of carbonyl (C=O) groups excluding carboxylic acids is 1. The first-order chi connectivity index (χ1) is 14.2. The highest BCUT2D eigenvalue weighted by Gasteiger charge is 2.27. The van der Waals surface area contributed by atoms with Crippen LogP contribution in [-0.2, 0) is 11.3 Å². The van der Waals surface area contributed by atoms with E-state index in [1.807, 2.05) is 0 Å². The van der Waals surface area contributed by atoms with Gasteiger partial charge in [0.1, 0.15) is 11.6 Å². The minimum atomic E-state index is -2.99. The Labute approximate surface area is 158 Å². The Morgan fingerprint density at radius 2 is 2.12 bits per heavy atom. The van der Waals surface area contributed by atoms with E-state index >= 15 is 0 Å². The van der Waals surface area contributed by atoms with Crippen LogP contribution in [0.25, 0.3) is 11.1 Å². The first-order valence-corrected chi connectivity index (χ1v) is 7.82. The molecule has 2 rings (SSSR count). The molecular weight excluding hydrogens is 339 g/mol. The molecule has 0 atom stereocenters. The average Bonchev–Trinajstić information content (AvgIpc) is 2.67. The molecule has 7 heteroatoms. The number of halogens is 1. The summed E-state index contributed by atoms with van der Waals surface area (Å²) in [5.74, 6) is -1.39. The van der Waals surface area contributed by atoms with Crippen LogP contribution >= 0.6 is 0 Å². The summed E-state index contributed by atoms with van der Waals surface area (Å²) in [6.07, 6.45) is 1.19. The molecule has 2 aromatic rings. The maximum Gasteiger partial charge on any atom is 0.251 e. The summed E-state index contributed by atoms with van der Waals surface area (Å²) in [5, 5.41) is 8.76. The third-order valence-corrected chi connectivity index (χ3v) is 4.11. The van der Waals surface area contributed by atoms with Crippen molar-refractivity contribution in [2.45, 2.75) is 33.7 Å². The Morgan fingerprint density at radius 1 is 1.42 bits per heavy atom. The normalized spacial score (nSPS) is 15.2. The molecule has 140 valence electrons. The Hall–Kier alpha value is -2.67. The molecule has 1 aromatic heterocycles. The number of hydrogen-bond donors (Lipinski definition) is 2. The summed E-state index contributed by atoms with van der Waals surface area (Å²) >= 11 is 0. The van der Waals surface area contributed by atoms with Crippen LogP contribution < -0.4 is 15.8 Å². The van der Waals surface area contributed by atoms with Crippen LogP contribution in [0.15, 0.2) is 41.3 Å². The maximum atomic E-state index is 14.6. The molecule has 0 aliphatic carbocycles. The number of aryl methyl sites for hydroxylation is 1. The molecule has 0 spiro atoms. The zero-order valence-electron chi connectivity index (χ0n) is 19.4. The van der Waals surface area contributed by atoms with Crippen molar-refractivity contribution in [3.63, 3.8) is 0 Å². The fourth-order valence-corrected chi connectivity index (χ4v) is 2.37. The van der Waals surface area contributed by atoms with Gasteiger partial charge in [0.15, 0.2) is 0 Å². The first kappa shape index (κ1) is 13.5.